The van der Waals surface area contributed by atoms with Gasteiger partial charge in [0.05, 0.1) is 17.7 Å². The summed E-state index contributed by atoms with van der Waals surface area (Å²) in [6.45, 7) is 0. The second kappa shape index (κ2) is 8.06. The lowest BCUT2D eigenvalue weighted by molar-refractivity contribution is -0.126. The van der Waals surface area contributed by atoms with Gasteiger partial charge in [-0.3, -0.25) is 9.78 Å². The number of carbonyl (C=O) groups excluding carboxylic acids is 1. The van der Waals surface area contributed by atoms with Crippen LogP contribution >= 0.6 is 0 Å². The number of hydrogen-bond donors (Lipinski definition) is 2. The number of aromatic nitrogens is 1. The van der Waals surface area contributed by atoms with Crippen molar-refractivity contribution in [2.45, 2.75) is 37.8 Å². The Morgan fingerprint density at radius 2 is 1.83 bits per heavy atom. The molecule has 1 saturated carbocycles. The Balaban J connectivity index is 1.87. The largest absolute Gasteiger partial charge is 0.359 e. The van der Waals surface area contributed by atoms with Gasteiger partial charge < -0.3 is 10.6 Å². The fourth-order valence-electron chi connectivity index (χ4n) is 3.59. The van der Waals surface area contributed by atoms with Gasteiger partial charge in [-0.25, -0.2) is 0 Å². The van der Waals surface area contributed by atoms with Crippen LogP contribution in [0.5, 0.6) is 0 Å². The zero-order chi connectivity index (χ0) is 16.8. The quantitative estimate of drug-likeness (QED) is 0.889. The van der Waals surface area contributed by atoms with E-state index in [1.165, 1.54) is 5.56 Å². The maximum absolute atomic E-state index is 12.3. The van der Waals surface area contributed by atoms with E-state index < -0.39 is 0 Å². The zero-order valence-electron chi connectivity index (χ0n) is 14.1. The van der Waals surface area contributed by atoms with E-state index in [9.17, 15) is 4.79 Å². The highest BCUT2D eigenvalue weighted by Gasteiger charge is 2.32. The number of nitrogens with one attached hydrogen (secondary N) is 2. The average Bonchev–Trinajstić information content (AvgIpc) is 2.67. The van der Waals surface area contributed by atoms with Gasteiger partial charge in [-0.15, -0.1) is 0 Å². The summed E-state index contributed by atoms with van der Waals surface area (Å²) in [5, 5.41) is 6.55. The van der Waals surface area contributed by atoms with Gasteiger partial charge in [-0.1, -0.05) is 49.2 Å². The summed E-state index contributed by atoms with van der Waals surface area (Å²) in [6.07, 6.45) is 6.07. The predicted octanol–water partition coefficient (Wildman–Crippen LogP) is 3.07. The highest BCUT2D eigenvalue weighted by molar-refractivity contribution is 5.79. The molecule has 4 heteroatoms. The first-order chi connectivity index (χ1) is 11.8. The van der Waals surface area contributed by atoms with E-state index in [-0.39, 0.29) is 23.9 Å². The smallest absolute Gasteiger partial charge is 0.224 e. The Bertz CT molecular complexity index is 605. The summed E-state index contributed by atoms with van der Waals surface area (Å²) in [7, 11) is 1.72. The van der Waals surface area contributed by atoms with Crippen molar-refractivity contribution < 1.29 is 4.79 Å². The molecule has 0 bridgehead atoms. The lowest BCUT2D eigenvalue weighted by Gasteiger charge is -2.34. The third kappa shape index (κ3) is 3.82. The molecular weight excluding hydrogens is 298 g/mol. The molecule has 1 aliphatic rings. The predicted molar refractivity (Wildman–Crippen MR) is 95.5 cm³/mol. The fraction of sp³-hybridized carbons (Fsp3) is 0.400. The molecule has 2 aromatic rings. The summed E-state index contributed by atoms with van der Waals surface area (Å²) in [5.41, 5.74) is 2.17. The third-order valence-corrected chi connectivity index (χ3v) is 4.85. The highest BCUT2D eigenvalue weighted by Crippen LogP contribution is 2.29. The normalized spacial score (nSPS) is 21.9. The summed E-state index contributed by atoms with van der Waals surface area (Å²) < 4.78 is 0. The number of nitrogens with zero attached hydrogens (tertiary/aromatic N) is 1. The number of rotatable bonds is 5. The van der Waals surface area contributed by atoms with E-state index in [0.717, 1.165) is 31.4 Å². The van der Waals surface area contributed by atoms with Crippen molar-refractivity contribution in [1.29, 1.82) is 0 Å². The van der Waals surface area contributed by atoms with Crippen molar-refractivity contribution >= 4 is 5.91 Å². The molecule has 1 fully saturated rings. The number of hydrogen-bond acceptors (Lipinski definition) is 3. The van der Waals surface area contributed by atoms with Crippen LogP contribution in [-0.2, 0) is 4.79 Å². The molecule has 2 N–H and O–H groups in total. The van der Waals surface area contributed by atoms with Crippen LogP contribution in [-0.4, -0.2) is 24.0 Å². The average molecular weight is 323 g/mol. The van der Waals surface area contributed by atoms with E-state index in [0.29, 0.717) is 0 Å². The highest BCUT2D eigenvalue weighted by atomic mass is 16.1. The molecule has 1 aromatic heterocycles. The van der Waals surface area contributed by atoms with Gasteiger partial charge in [-0.2, -0.15) is 0 Å². The minimum atomic E-state index is 0.00246. The first-order valence-electron chi connectivity index (χ1n) is 8.73. The monoisotopic (exact) mass is 323 g/mol. The van der Waals surface area contributed by atoms with Gasteiger partial charge in [0.25, 0.3) is 0 Å². The molecular formula is C20H25N3O. The van der Waals surface area contributed by atoms with E-state index >= 15 is 0 Å². The second-order valence-electron chi connectivity index (χ2n) is 6.38. The van der Waals surface area contributed by atoms with Crippen LogP contribution < -0.4 is 10.6 Å². The van der Waals surface area contributed by atoms with E-state index in [1.807, 2.05) is 42.6 Å². The molecule has 3 atom stereocenters. The molecule has 1 heterocycles. The van der Waals surface area contributed by atoms with Crippen molar-refractivity contribution in [2.75, 3.05) is 7.05 Å². The van der Waals surface area contributed by atoms with Gasteiger partial charge in [0.2, 0.25) is 5.91 Å². The van der Waals surface area contributed by atoms with Gasteiger partial charge >= 0.3 is 0 Å². The lowest BCUT2D eigenvalue weighted by Crippen LogP contribution is -2.47. The molecule has 24 heavy (non-hydrogen) atoms. The molecule has 126 valence electrons. The van der Waals surface area contributed by atoms with Crippen molar-refractivity contribution in [3.8, 4) is 0 Å². The molecule has 0 saturated heterocycles. The van der Waals surface area contributed by atoms with Crippen LogP contribution in [0.15, 0.2) is 54.7 Å². The Labute approximate surface area is 143 Å². The van der Waals surface area contributed by atoms with Crippen molar-refractivity contribution in [3.63, 3.8) is 0 Å². The zero-order valence-corrected chi connectivity index (χ0v) is 14.1. The summed E-state index contributed by atoms with van der Waals surface area (Å²) in [5.74, 6) is 0.165. The van der Waals surface area contributed by atoms with Crippen molar-refractivity contribution in [2.24, 2.45) is 5.92 Å². The molecule has 0 radical (unpaired) electrons. The van der Waals surface area contributed by atoms with Gasteiger partial charge in [-0.05, 0) is 30.5 Å². The number of carbonyl (C=O) groups is 1. The number of pyridine rings is 1. The number of benzene rings is 1. The molecule has 0 aliphatic heterocycles. The van der Waals surface area contributed by atoms with Crippen molar-refractivity contribution in [3.05, 3.63) is 66.0 Å². The maximum atomic E-state index is 12.3. The standard InChI is InChI=1S/C20H25N3O/c1-21-20(24)16-11-5-6-12-17(16)23-19(15-9-3-2-4-10-15)18-13-7-8-14-22-18/h2-4,7-10,13-14,16-17,19,23H,5-6,11-12H2,1H3,(H,21,24)/t16-,17-,19-/m1/s1. The minimum absolute atomic E-state index is 0.00246. The molecule has 1 aromatic carbocycles. The van der Waals surface area contributed by atoms with Gasteiger partial charge in [0, 0.05) is 19.3 Å². The van der Waals surface area contributed by atoms with Crippen LogP contribution in [0.2, 0.25) is 0 Å². The molecule has 4 nitrogen and oxygen atoms in total. The summed E-state index contributed by atoms with van der Waals surface area (Å²) in [6, 6.07) is 16.5. The molecule has 0 spiro atoms. The van der Waals surface area contributed by atoms with Crippen molar-refractivity contribution in [1.82, 2.24) is 15.6 Å². The summed E-state index contributed by atoms with van der Waals surface area (Å²) >= 11 is 0. The van der Waals surface area contributed by atoms with Crippen LogP contribution in [0.1, 0.15) is 43.0 Å². The third-order valence-electron chi connectivity index (χ3n) is 4.85. The first kappa shape index (κ1) is 16.7. The topological polar surface area (TPSA) is 54.0 Å². The first-order valence-corrected chi connectivity index (χ1v) is 8.73. The Kier molecular flexibility index (Phi) is 5.59. The van der Waals surface area contributed by atoms with E-state index in [1.54, 1.807) is 7.05 Å². The second-order valence-corrected chi connectivity index (χ2v) is 6.38. The van der Waals surface area contributed by atoms with Crippen LogP contribution in [0.25, 0.3) is 0 Å². The van der Waals surface area contributed by atoms with E-state index in [2.05, 4.69) is 27.8 Å². The lowest BCUT2D eigenvalue weighted by atomic mass is 9.83. The van der Waals surface area contributed by atoms with Crippen LogP contribution in [0.4, 0.5) is 0 Å². The van der Waals surface area contributed by atoms with Crippen LogP contribution in [0, 0.1) is 5.92 Å². The molecule has 1 aliphatic carbocycles. The molecule has 1 amide bonds. The Hall–Kier alpha value is -2.20. The SMILES string of the molecule is CNC(=O)[C@@H]1CCCC[C@H]1N[C@H](c1ccccc1)c1ccccn1. The Morgan fingerprint density at radius 1 is 1.08 bits per heavy atom. The van der Waals surface area contributed by atoms with Crippen LogP contribution in [0.3, 0.4) is 0 Å². The molecule has 3 rings (SSSR count). The van der Waals surface area contributed by atoms with Gasteiger partial charge in [0.15, 0.2) is 0 Å². The molecule has 0 unspecified atom stereocenters. The summed E-state index contributed by atoms with van der Waals surface area (Å²) in [4.78, 5) is 16.8. The minimum Gasteiger partial charge on any atom is -0.359 e. The fourth-order valence-corrected chi connectivity index (χ4v) is 3.59. The number of amides is 1. The maximum Gasteiger partial charge on any atom is 0.224 e. The van der Waals surface area contributed by atoms with E-state index in [4.69, 9.17) is 0 Å². The Morgan fingerprint density at radius 3 is 2.54 bits per heavy atom. The van der Waals surface area contributed by atoms with Gasteiger partial charge in [0.1, 0.15) is 0 Å².